The Kier molecular flexibility index (Phi) is 9.16. The average molecular weight is 565 g/mol. The summed E-state index contributed by atoms with van der Waals surface area (Å²) >= 11 is 0. The van der Waals surface area contributed by atoms with E-state index in [1.54, 1.807) is 13.8 Å². The van der Waals surface area contributed by atoms with E-state index in [2.05, 4.69) is 6.58 Å². The zero-order valence-corrected chi connectivity index (χ0v) is 23.4. The second-order valence-corrected chi connectivity index (χ2v) is 10.3. The van der Waals surface area contributed by atoms with Crippen LogP contribution in [0, 0.1) is 5.92 Å². The molecule has 0 saturated carbocycles. The van der Waals surface area contributed by atoms with Crippen LogP contribution in [-0.4, -0.2) is 80.0 Å². The van der Waals surface area contributed by atoms with Gasteiger partial charge < -0.3 is 42.6 Å². The second-order valence-electron chi connectivity index (χ2n) is 10.3. The van der Waals surface area contributed by atoms with Crippen molar-refractivity contribution >= 4 is 17.9 Å². The summed E-state index contributed by atoms with van der Waals surface area (Å²) < 4.78 is 52.8. The van der Waals surface area contributed by atoms with Gasteiger partial charge in [-0.2, -0.15) is 0 Å². The Morgan fingerprint density at radius 1 is 0.950 bits per heavy atom. The molecule has 1 aromatic rings. The smallest absolute Gasteiger partial charge is 0.303 e. The van der Waals surface area contributed by atoms with Crippen molar-refractivity contribution in [2.75, 3.05) is 7.11 Å². The molecule has 0 amide bonds. The Labute approximate surface area is 232 Å². The third kappa shape index (κ3) is 6.64. The molecule has 3 fully saturated rings. The van der Waals surface area contributed by atoms with Crippen LogP contribution in [0.4, 0.5) is 0 Å². The minimum Gasteiger partial charge on any atom is -0.465 e. The van der Waals surface area contributed by atoms with Gasteiger partial charge in [-0.1, -0.05) is 36.9 Å². The van der Waals surface area contributed by atoms with E-state index in [4.69, 9.17) is 42.6 Å². The van der Waals surface area contributed by atoms with Gasteiger partial charge in [-0.15, -0.1) is 0 Å². The minimum atomic E-state index is -1.21. The maximum Gasteiger partial charge on any atom is 0.303 e. The van der Waals surface area contributed by atoms with E-state index in [1.807, 2.05) is 30.3 Å². The van der Waals surface area contributed by atoms with Crippen molar-refractivity contribution in [2.24, 2.45) is 5.92 Å². The van der Waals surface area contributed by atoms with E-state index in [1.165, 1.54) is 27.9 Å². The zero-order chi connectivity index (χ0) is 29.2. The first-order valence-electron chi connectivity index (χ1n) is 13.0. The van der Waals surface area contributed by atoms with Gasteiger partial charge in [0.15, 0.2) is 18.2 Å². The molecule has 3 aliphatic heterocycles. The number of fused-ring (bicyclic) bond motifs is 1. The van der Waals surface area contributed by atoms with Crippen molar-refractivity contribution in [3.05, 3.63) is 48.2 Å². The molecular weight excluding hydrogens is 528 g/mol. The Balaban J connectivity index is 1.72. The van der Waals surface area contributed by atoms with Crippen LogP contribution in [0.5, 0.6) is 0 Å². The lowest BCUT2D eigenvalue weighted by atomic mass is 9.83. The number of hydrogen-bond acceptors (Lipinski definition) is 12. The molecule has 4 rings (SSSR count). The van der Waals surface area contributed by atoms with E-state index in [9.17, 15) is 14.4 Å². The summed E-state index contributed by atoms with van der Waals surface area (Å²) in [5.74, 6) is -3.92. The quantitative estimate of drug-likeness (QED) is 0.322. The third-order valence-electron chi connectivity index (χ3n) is 6.71. The Morgan fingerprint density at radius 3 is 2.20 bits per heavy atom. The maximum atomic E-state index is 12.4. The fourth-order valence-electron chi connectivity index (χ4n) is 5.30. The first kappa shape index (κ1) is 29.9. The van der Waals surface area contributed by atoms with Gasteiger partial charge in [-0.05, 0) is 19.4 Å². The summed E-state index contributed by atoms with van der Waals surface area (Å²) in [6.07, 6.45) is -8.07. The van der Waals surface area contributed by atoms with Crippen LogP contribution in [-0.2, 0) is 63.6 Å². The van der Waals surface area contributed by atoms with E-state index in [0.29, 0.717) is 0 Å². The predicted molar refractivity (Wildman–Crippen MR) is 135 cm³/mol. The van der Waals surface area contributed by atoms with Gasteiger partial charge >= 0.3 is 17.9 Å². The van der Waals surface area contributed by atoms with Crippen molar-refractivity contribution in [2.45, 2.75) is 96.2 Å². The lowest BCUT2D eigenvalue weighted by molar-refractivity contribution is -0.267. The molecule has 3 saturated heterocycles. The van der Waals surface area contributed by atoms with Crippen LogP contribution in [0.1, 0.15) is 40.2 Å². The van der Waals surface area contributed by atoms with E-state index < -0.39 is 78.8 Å². The summed E-state index contributed by atoms with van der Waals surface area (Å²) in [6, 6.07) is 9.48. The minimum absolute atomic E-state index is 0.0670. The SMILES string of the molecule is C=C1O[C@H](OC)[C@H](OC(C)=O)[C@@H](OC(C)=O)[C@@H]1[C@H](OC(C)=O)[C@H]1O[C@@H]2OC(C)(C)O[C@@H]2[C@H]1OCc1ccccc1. The van der Waals surface area contributed by atoms with Crippen molar-refractivity contribution in [3.8, 4) is 0 Å². The molecule has 12 nitrogen and oxygen atoms in total. The third-order valence-corrected chi connectivity index (χ3v) is 6.71. The highest BCUT2D eigenvalue weighted by molar-refractivity contribution is 5.68. The molecule has 0 aliphatic carbocycles. The molecular formula is C28H36O12. The molecule has 3 heterocycles. The standard InChI is InChI=1S/C28H36O12/c1-14-19(21(36-16(3)30)24(37-17(4)31)26(32-7)34-14)20(35-15(2)29)23-22(33-13-18-11-9-8-10-12-18)25-27(38-23)40-28(5,6)39-25/h8-12,19-27H,1,13H2,2-7H3/t19-,20-,21-,22-,23+,24+,25+,26-,27+/m0/s1. The van der Waals surface area contributed by atoms with Gasteiger partial charge in [0, 0.05) is 27.9 Å². The van der Waals surface area contributed by atoms with Crippen LogP contribution < -0.4 is 0 Å². The molecule has 0 spiro atoms. The molecule has 0 unspecified atom stereocenters. The number of rotatable bonds is 9. The van der Waals surface area contributed by atoms with Crippen LogP contribution in [0.15, 0.2) is 42.7 Å². The van der Waals surface area contributed by atoms with Gasteiger partial charge in [0.2, 0.25) is 12.4 Å². The first-order chi connectivity index (χ1) is 18.9. The Morgan fingerprint density at radius 2 is 1.60 bits per heavy atom. The van der Waals surface area contributed by atoms with Crippen molar-refractivity contribution in [3.63, 3.8) is 0 Å². The fourth-order valence-corrected chi connectivity index (χ4v) is 5.30. The molecule has 3 aliphatic rings. The van der Waals surface area contributed by atoms with E-state index in [0.717, 1.165) is 5.56 Å². The predicted octanol–water partition coefficient (Wildman–Crippen LogP) is 2.38. The van der Waals surface area contributed by atoms with Gasteiger partial charge in [0.1, 0.15) is 30.2 Å². The summed E-state index contributed by atoms with van der Waals surface area (Å²) in [5.41, 5.74) is 0.896. The van der Waals surface area contributed by atoms with Gasteiger partial charge in [0.05, 0.1) is 12.5 Å². The van der Waals surface area contributed by atoms with Crippen LogP contribution in [0.25, 0.3) is 0 Å². The number of carbonyl (C=O) groups is 3. The molecule has 12 heteroatoms. The fraction of sp³-hybridized carbons (Fsp3) is 0.607. The molecule has 40 heavy (non-hydrogen) atoms. The van der Waals surface area contributed by atoms with Crippen molar-refractivity contribution in [1.82, 2.24) is 0 Å². The number of hydrogen-bond donors (Lipinski definition) is 0. The maximum absolute atomic E-state index is 12.4. The Bertz CT molecular complexity index is 1090. The molecule has 0 aromatic heterocycles. The van der Waals surface area contributed by atoms with Gasteiger partial charge in [0.25, 0.3) is 0 Å². The van der Waals surface area contributed by atoms with E-state index in [-0.39, 0.29) is 12.4 Å². The summed E-state index contributed by atoms with van der Waals surface area (Å²) in [5, 5.41) is 0. The molecule has 0 radical (unpaired) electrons. The lowest BCUT2D eigenvalue weighted by Crippen LogP contribution is -2.59. The number of esters is 3. The number of ether oxygens (including phenoxy) is 9. The summed E-state index contributed by atoms with van der Waals surface area (Å²) in [6.45, 7) is 11.3. The normalized spacial score (nSPS) is 33.4. The van der Waals surface area contributed by atoms with Gasteiger partial charge in [-0.25, -0.2) is 0 Å². The number of carbonyl (C=O) groups excluding carboxylic acids is 3. The summed E-state index contributed by atoms with van der Waals surface area (Å²) in [7, 11) is 1.34. The lowest BCUT2D eigenvalue weighted by Gasteiger charge is -2.45. The number of benzene rings is 1. The molecule has 220 valence electrons. The second kappa shape index (κ2) is 12.2. The van der Waals surface area contributed by atoms with E-state index >= 15 is 0 Å². The highest BCUT2D eigenvalue weighted by Gasteiger charge is 2.62. The zero-order valence-electron chi connectivity index (χ0n) is 23.4. The highest BCUT2D eigenvalue weighted by atomic mass is 16.8. The van der Waals surface area contributed by atoms with Crippen molar-refractivity contribution < 1.29 is 57.0 Å². The monoisotopic (exact) mass is 564 g/mol. The topological polar surface area (TPSA) is 134 Å². The first-order valence-corrected chi connectivity index (χ1v) is 13.0. The molecule has 9 atom stereocenters. The molecule has 1 aromatic carbocycles. The van der Waals surface area contributed by atoms with Gasteiger partial charge in [-0.3, -0.25) is 14.4 Å². The summed E-state index contributed by atoms with van der Waals surface area (Å²) in [4.78, 5) is 36.7. The largest absolute Gasteiger partial charge is 0.465 e. The molecule has 0 bridgehead atoms. The highest BCUT2D eigenvalue weighted by Crippen LogP contribution is 2.45. The van der Waals surface area contributed by atoms with Crippen LogP contribution in [0.2, 0.25) is 0 Å². The van der Waals surface area contributed by atoms with Crippen molar-refractivity contribution in [1.29, 1.82) is 0 Å². The van der Waals surface area contributed by atoms with Crippen LogP contribution in [0.3, 0.4) is 0 Å². The molecule has 0 N–H and O–H groups in total. The Hall–Kier alpha value is -3.03. The number of methoxy groups -OCH3 is 1. The average Bonchev–Trinajstić information content (AvgIpc) is 3.34. The van der Waals surface area contributed by atoms with Crippen LogP contribution >= 0.6 is 0 Å².